The lowest BCUT2D eigenvalue weighted by atomic mass is 10.2. The molecule has 3 aromatic carbocycles. The normalized spacial score (nSPS) is 10.6. The van der Waals surface area contributed by atoms with E-state index in [0.717, 1.165) is 21.7 Å². The number of hydrogen-bond acceptors (Lipinski definition) is 5. The number of aromatic nitrogens is 2. The Balaban J connectivity index is 1.42. The van der Waals surface area contributed by atoms with Crippen LogP contribution in [0, 0.1) is 6.92 Å². The van der Waals surface area contributed by atoms with Gasteiger partial charge in [-0.1, -0.05) is 29.8 Å². The average molecular weight is 429 g/mol. The SMILES string of the molecule is Cc1ccc(NC(=O)CSc2ccccc2C(=O)Nc2ccc3nccnc3c2)cc1. The van der Waals surface area contributed by atoms with Crippen LogP contribution in [0.25, 0.3) is 11.0 Å². The summed E-state index contributed by atoms with van der Waals surface area (Å²) in [5.74, 6) is -0.175. The van der Waals surface area contributed by atoms with E-state index < -0.39 is 0 Å². The van der Waals surface area contributed by atoms with Crippen molar-refractivity contribution in [3.63, 3.8) is 0 Å². The molecule has 0 fully saturated rings. The Bertz CT molecular complexity index is 1240. The second kappa shape index (κ2) is 9.40. The first-order valence-corrected chi connectivity index (χ1v) is 10.7. The monoisotopic (exact) mass is 428 g/mol. The van der Waals surface area contributed by atoms with Gasteiger partial charge >= 0.3 is 0 Å². The Morgan fingerprint density at radius 1 is 0.839 bits per heavy atom. The van der Waals surface area contributed by atoms with Crippen molar-refractivity contribution in [3.8, 4) is 0 Å². The molecule has 0 bridgehead atoms. The first-order chi connectivity index (χ1) is 15.1. The van der Waals surface area contributed by atoms with Crippen LogP contribution in [-0.4, -0.2) is 27.5 Å². The number of fused-ring (bicyclic) bond motifs is 1. The minimum atomic E-state index is -0.245. The summed E-state index contributed by atoms with van der Waals surface area (Å²) in [6.45, 7) is 1.99. The molecule has 0 radical (unpaired) electrons. The number of rotatable bonds is 6. The molecule has 0 saturated carbocycles. The Morgan fingerprint density at radius 3 is 2.35 bits per heavy atom. The average Bonchev–Trinajstić information content (AvgIpc) is 2.79. The highest BCUT2D eigenvalue weighted by Crippen LogP contribution is 2.24. The van der Waals surface area contributed by atoms with Gasteiger partial charge in [0, 0.05) is 28.7 Å². The molecule has 1 heterocycles. The fourth-order valence-electron chi connectivity index (χ4n) is 3.00. The predicted octanol–water partition coefficient (Wildman–Crippen LogP) is 4.92. The zero-order valence-corrected chi connectivity index (χ0v) is 17.6. The van der Waals surface area contributed by atoms with Crippen LogP contribution in [0.15, 0.2) is 84.0 Å². The number of benzene rings is 3. The number of nitrogens with zero attached hydrogens (tertiary/aromatic N) is 2. The number of carbonyl (C=O) groups is 2. The molecule has 2 N–H and O–H groups in total. The lowest BCUT2D eigenvalue weighted by molar-refractivity contribution is -0.113. The topological polar surface area (TPSA) is 84.0 Å². The molecule has 0 spiro atoms. The molecular weight excluding hydrogens is 408 g/mol. The summed E-state index contributed by atoms with van der Waals surface area (Å²) in [6, 6.07) is 20.3. The van der Waals surface area contributed by atoms with Crippen molar-refractivity contribution >= 4 is 46.0 Å². The van der Waals surface area contributed by atoms with Crippen molar-refractivity contribution in [2.45, 2.75) is 11.8 Å². The van der Waals surface area contributed by atoms with Gasteiger partial charge < -0.3 is 10.6 Å². The molecule has 2 amide bonds. The minimum Gasteiger partial charge on any atom is -0.325 e. The number of thioether (sulfide) groups is 1. The highest BCUT2D eigenvalue weighted by Gasteiger charge is 2.14. The van der Waals surface area contributed by atoms with Gasteiger partial charge in [0.15, 0.2) is 0 Å². The Hall–Kier alpha value is -3.71. The van der Waals surface area contributed by atoms with E-state index in [9.17, 15) is 9.59 Å². The van der Waals surface area contributed by atoms with Gasteiger partial charge in [-0.2, -0.15) is 0 Å². The van der Waals surface area contributed by atoms with Crippen LogP contribution in [-0.2, 0) is 4.79 Å². The maximum atomic E-state index is 12.9. The van der Waals surface area contributed by atoms with Gasteiger partial charge in [0.2, 0.25) is 5.91 Å². The summed E-state index contributed by atoms with van der Waals surface area (Å²) < 4.78 is 0. The van der Waals surface area contributed by atoms with E-state index in [0.29, 0.717) is 16.8 Å². The van der Waals surface area contributed by atoms with Crippen LogP contribution in [0.4, 0.5) is 11.4 Å². The molecule has 0 saturated heterocycles. The van der Waals surface area contributed by atoms with Gasteiger partial charge in [0.25, 0.3) is 5.91 Å². The smallest absolute Gasteiger partial charge is 0.256 e. The van der Waals surface area contributed by atoms with Gasteiger partial charge in [-0.05, 0) is 49.4 Å². The van der Waals surface area contributed by atoms with Crippen molar-refractivity contribution in [1.82, 2.24) is 9.97 Å². The summed E-state index contributed by atoms with van der Waals surface area (Å²) in [6.07, 6.45) is 3.24. The quantitative estimate of drug-likeness (QED) is 0.426. The van der Waals surface area contributed by atoms with Gasteiger partial charge in [0.05, 0.1) is 22.3 Å². The van der Waals surface area contributed by atoms with E-state index in [1.165, 1.54) is 11.8 Å². The molecule has 0 unspecified atom stereocenters. The van der Waals surface area contributed by atoms with E-state index >= 15 is 0 Å². The first-order valence-electron chi connectivity index (χ1n) is 9.69. The van der Waals surface area contributed by atoms with Crippen LogP contribution >= 0.6 is 11.8 Å². The summed E-state index contributed by atoms with van der Waals surface area (Å²) in [7, 11) is 0. The van der Waals surface area contributed by atoms with E-state index in [2.05, 4.69) is 20.6 Å². The number of amides is 2. The van der Waals surface area contributed by atoms with Gasteiger partial charge in [-0.15, -0.1) is 11.8 Å². The first kappa shape index (κ1) is 20.6. The van der Waals surface area contributed by atoms with Crippen molar-refractivity contribution in [1.29, 1.82) is 0 Å². The molecule has 0 aliphatic rings. The summed E-state index contributed by atoms with van der Waals surface area (Å²) in [4.78, 5) is 34.4. The molecule has 0 aliphatic carbocycles. The van der Waals surface area contributed by atoms with Crippen molar-refractivity contribution in [3.05, 3.63) is 90.3 Å². The summed E-state index contributed by atoms with van der Waals surface area (Å²) >= 11 is 1.32. The summed E-state index contributed by atoms with van der Waals surface area (Å²) in [5, 5.41) is 5.77. The Morgan fingerprint density at radius 2 is 1.55 bits per heavy atom. The fourth-order valence-corrected chi connectivity index (χ4v) is 3.85. The van der Waals surface area contributed by atoms with Crippen LogP contribution in [0.2, 0.25) is 0 Å². The zero-order chi connectivity index (χ0) is 21.6. The third kappa shape index (κ3) is 5.26. The molecule has 154 valence electrons. The van der Waals surface area contributed by atoms with Crippen molar-refractivity contribution in [2.75, 3.05) is 16.4 Å². The van der Waals surface area contributed by atoms with Crippen LogP contribution in [0.1, 0.15) is 15.9 Å². The molecule has 6 nitrogen and oxygen atoms in total. The van der Waals surface area contributed by atoms with E-state index in [1.54, 1.807) is 36.7 Å². The number of anilines is 2. The van der Waals surface area contributed by atoms with Crippen LogP contribution < -0.4 is 10.6 Å². The molecular formula is C24H20N4O2S. The predicted molar refractivity (Wildman–Crippen MR) is 124 cm³/mol. The molecule has 4 rings (SSSR count). The molecule has 0 atom stereocenters. The summed E-state index contributed by atoms with van der Waals surface area (Å²) in [5.41, 5.74) is 4.49. The molecule has 31 heavy (non-hydrogen) atoms. The molecule has 4 aromatic rings. The van der Waals surface area contributed by atoms with E-state index in [-0.39, 0.29) is 17.6 Å². The van der Waals surface area contributed by atoms with E-state index in [1.807, 2.05) is 49.4 Å². The highest BCUT2D eigenvalue weighted by molar-refractivity contribution is 8.00. The molecule has 0 aliphatic heterocycles. The van der Waals surface area contributed by atoms with Gasteiger partial charge in [-0.25, -0.2) is 0 Å². The number of hydrogen-bond donors (Lipinski definition) is 2. The lowest BCUT2D eigenvalue weighted by Gasteiger charge is -2.11. The Kier molecular flexibility index (Phi) is 6.24. The number of aryl methyl sites for hydroxylation is 1. The fraction of sp³-hybridized carbons (Fsp3) is 0.0833. The van der Waals surface area contributed by atoms with Crippen molar-refractivity contribution in [2.24, 2.45) is 0 Å². The largest absolute Gasteiger partial charge is 0.325 e. The van der Waals surface area contributed by atoms with E-state index in [4.69, 9.17) is 0 Å². The van der Waals surface area contributed by atoms with Gasteiger partial charge in [-0.3, -0.25) is 19.6 Å². The maximum absolute atomic E-state index is 12.9. The highest BCUT2D eigenvalue weighted by atomic mass is 32.2. The minimum absolute atomic E-state index is 0.128. The maximum Gasteiger partial charge on any atom is 0.256 e. The number of carbonyl (C=O) groups excluding carboxylic acids is 2. The zero-order valence-electron chi connectivity index (χ0n) is 16.8. The second-order valence-electron chi connectivity index (χ2n) is 6.91. The van der Waals surface area contributed by atoms with Crippen LogP contribution in [0.3, 0.4) is 0 Å². The third-order valence-electron chi connectivity index (χ3n) is 4.55. The van der Waals surface area contributed by atoms with Crippen LogP contribution in [0.5, 0.6) is 0 Å². The van der Waals surface area contributed by atoms with Gasteiger partial charge in [0.1, 0.15) is 0 Å². The molecule has 7 heteroatoms. The number of nitrogens with one attached hydrogen (secondary N) is 2. The molecule has 1 aromatic heterocycles. The second-order valence-corrected chi connectivity index (χ2v) is 7.93. The lowest BCUT2D eigenvalue weighted by Crippen LogP contribution is -2.16. The standard InChI is InChI=1S/C24H20N4O2S/c1-16-6-8-17(9-7-16)27-23(29)15-31-22-5-3-2-4-19(22)24(30)28-18-10-11-20-21(14-18)26-13-12-25-20/h2-14H,15H2,1H3,(H,27,29)(H,28,30). The Labute approximate surface area is 184 Å². The third-order valence-corrected chi connectivity index (χ3v) is 5.63. The van der Waals surface area contributed by atoms with Crippen molar-refractivity contribution < 1.29 is 9.59 Å².